The van der Waals surface area contributed by atoms with Gasteiger partial charge in [0.15, 0.2) is 0 Å². The van der Waals surface area contributed by atoms with E-state index in [9.17, 15) is 9.59 Å². The summed E-state index contributed by atoms with van der Waals surface area (Å²) >= 11 is 0. The van der Waals surface area contributed by atoms with E-state index in [2.05, 4.69) is 15.7 Å². The van der Waals surface area contributed by atoms with Gasteiger partial charge in [0.05, 0.1) is 23.7 Å². The SMILES string of the molecule is CCOC(=O)Nc1cccc(C(=O)Nc2ccccc2-n2nc(C)cc2C)c1. The third-order valence-corrected chi connectivity index (χ3v) is 4.04. The molecule has 0 aliphatic heterocycles. The smallest absolute Gasteiger partial charge is 0.411 e. The number of para-hydroxylation sites is 2. The van der Waals surface area contributed by atoms with Crippen LogP contribution in [0.1, 0.15) is 28.7 Å². The molecule has 0 aliphatic rings. The van der Waals surface area contributed by atoms with Crippen LogP contribution in [0, 0.1) is 13.8 Å². The molecule has 0 saturated carbocycles. The summed E-state index contributed by atoms with van der Waals surface area (Å²) in [6.07, 6.45) is -0.560. The molecule has 0 unspecified atom stereocenters. The van der Waals surface area contributed by atoms with Crippen molar-refractivity contribution < 1.29 is 14.3 Å². The van der Waals surface area contributed by atoms with Gasteiger partial charge in [0.1, 0.15) is 0 Å². The van der Waals surface area contributed by atoms with Crippen molar-refractivity contribution in [2.24, 2.45) is 0 Å². The summed E-state index contributed by atoms with van der Waals surface area (Å²) in [4.78, 5) is 24.3. The lowest BCUT2D eigenvalue weighted by Crippen LogP contribution is -2.16. The third kappa shape index (κ3) is 4.37. The summed E-state index contributed by atoms with van der Waals surface area (Å²) in [5, 5.41) is 10.0. The molecule has 1 aromatic heterocycles. The summed E-state index contributed by atoms with van der Waals surface area (Å²) in [7, 11) is 0. The second-order valence-electron chi connectivity index (χ2n) is 6.24. The molecule has 1 heterocycles. The molecule has 0 saturated heterocycles. The summed E-state index contributed by atoms with van der Waals surface area (Å²) in [6.45, 7) is 5.88. The van der Waals surface area contributed by atoms with Crippen LogP contribution < -0.4 is 10.6 Å². The Morgan fingerprint density at radius 1 is 1.04 bits per heavy atom. The van der Waals surface area contributed by atoms with Gasteiger partial charge in [-0.25, -0.2) is 9.48 Å². The van der Waals surface area contributed by atoms with E-state index in [1.165, 1.54) is 0 Å². The number of nitrogens with zero attached hydrogens (tertiary/aromatic N) is 2. The fourth-order valence-corrected chi connectivity index (χ4v) is 2.85. The summed E-state index contributed by atoms with van der Waals surface area (Å²) < 4.78 is 6.65. The summed E-state index contributed by atoms with van der Waals surface area (Å²) in [5.41, 5.74) is 4.19. The van der Waals surface area contributed by atoms with Gasteiger partial charge in [0.25, 0.3) is 5.91 Å². The molecule has 144 valence electrons. The minimum atomic E-state index is -0.560. The van der Waals surface area contributed by atoms with Crippen LogP contribution in [0.5, 0.6) is 0 Å². The molecule has 3 aromatic rings. The largest absolute Gasteiger partial charge is 0.450 e. The molecule has 7 heteroatoms. The first-order valence-electron chi connectivity index (χ1n) is 8.96. The van der Waals surface area contributed by atoms with E-state index >= 15 is 0 Å². The maximum Gasteiger partial charge on any atom is 0.411 e. The fraction of sp³-hybridized carbons (Fsp3) is 0.190. The van der Waals surface area contributed by atoms with Crippen molar-refractivity contribution in [1.82, 2.24) is 9.78 Å². The highest BCUT2D eigenvalue weighted by molar-refractivity contribution is 6.06. The lowest BCUT2D eigenvalue weighted by molar-refractivity contribution is 0.102. The average Bonchev–Trinajstić information content (AvgIpc) is 3.00. The van der Waals surface area contributed by atoms with Crippen LogP contribution in [-0.4, -0.2) is 28.4 Å². The number of aromatic nitrogens is 2. The first kappa shape index (κ1) is 19.2. The zero-order chi connectivity index (χ0) is 20.1. The first-order chi connectivity index (χ1) is 13.5. The molecule has 0 spiro atoms. The number of carbonyl (C=O) groups is 2. The van der Waals surface area contributed by atoms with E-state index in [0.29, 0.717) is 16.9 Å². The van der Waals surface area contributed by atoms with Gasteiger partial charge in [0.2, 0.25) is 0 Å². The zero-order valence-electron chi connectivity index (χ0n) is 16.0. The van der Waals surface area contributed by atoms with Crippen LogP contribution in [0.25, 0.3) is 5.69 Å². The summed E-state index contributed by atoms with van der Waals surface area (Å²) in [5.74, 6) is -0.290. The number of nitrogens with one attached hydrogen (secondary N) is 2. The van der Waals surface area contributed by atoms with Crippen LogP contribution in [-0.2, 0) is 4.74 Å². The van der Waals surface area contributed by atoms with Crippen LogP contribution in [0.3, 0.4) is 0 Å². The number of ether oxygens (including phenoxy) is 1. The maximum absolute atomic E-state index is 12.8. The highest BCUT2D eigenvalue weighted by Gasteiger charge is 2.13. The van der Waals surface area contributed by atoms with Gasteiger partial charge < -0.3 is 10.1 Å². The Hall–Kier alpha value is -3.61. The van der Waals surface area contributed by atoms with Crippen LogP contribution in [0.4, 0.5) is 16.2 Å². The zero-order valence-corrected chi connectivity index (χ0v) is 16.0. The van der Waals surface area contributed by atoms with Gasteiger partial charge in [-0.3, -0.25) is 10.1 Å². The molecule has 0 atom stereocenters. The van der Waals surface area contributed by atoms with E-state index in [-0.39, 0.29) is 12.5 Å². The van der Waals surface area contributed by atoms with Crippen molar-refractivity contribution in [2.75, 3.05) is 17.2 Å². The molecule has 0 aliphatic carbocycles. The van der Waals surface area contributed by atoms with Crippen LogP contribution >= 0.6 is 0 Å². The van der Waals surface area contributed by atoms with Crippen molar-refractivity contribution in [3.05, 3.63) is 71.5 Å². The molecule has 3 rings (SSSR count). The molecule has 0 bridgehead atoms. The Morgan fingerprint density at radius 2 is 1.82 bits per heavy atom. The maximum atomic E-state index is 12.8. The van der Waals surface area contributed by atoms with Crippen molar-refractivity contribution in [2.45, 2.75) is 20.8 Å². The van der Waals surface area contributed by atoms with E-state index in [1.807, 2.05) is 44.2 Å². The molecule has 0 fully saturated rings. The Morgan fingerprint density at radius 3 is 2.54 bits per heavy atom. The van der Waals surface area contributed by atoms with Crippen LogP contribution in [0.2, 0.25) is 0 Å². The number of anilines is 2. The Balaban J connectivity index is 1.83. The van der Waals surface area contributed by atoms with Gasteiger partial charge in [-0.1, -0.05) is 18.2 Å². The van der Waals surface area contributed by atoms with Gasteiger partial charge in [-0.05, 0) is 57.2 Å². The Bertz CT molecular complexity index is 1010. The molecule has 0 radical (unpaired) electrons. The van der Waals surface area contributed by atoms with Crippen molar-refractivity contribution in [3.63, 3.8) is 0 Å². The number of hydrogen-bond donors (Lipinski definition) is 2. The number of benzene rings is 2. The molecule has 7 nitrogen and oxygen atoms in total. The molecule has 28 heavy (non-hydrogen) atoms. The molecular formula is C21H22N4O3. The predicted octanol–water partition coefficient (Wildman–Crippen LogP) is 4.31. The molecule has 2 amide bonds. The second-order valence-corrected chi connectivity index (χ2v) is 6.24. The molecular weight excluding hydrogens is 356 g/mol. The highest BCUT2D eigenvalue weighted by atomic mass is 16.5. The van der Waals surface area contributed by atoms with E-state index < -0.39 is 6.09 Å². The average molecular weight is 378 g/mol. The van der Waals surface area contributed by atoms with E-state index in [1.54, 1.807) is 35.9 Å². The van der Waals surface area contributed by atoms with Gasteiger partial charge in [-0.15, -0.1) is 0 Å². The second kappa shape index (κ2) is 8.39. The van der Waals surface area contributed by atoms with Crippen molar-refractivity contribution in [3.8, 4) is 5.69 Å². The predicted molar refractivity (Wildman–Crippen MR) is 108 cm³/mol. The van der Waals surface area contributed by atoms with Gasteiger partial charge >= 0.3 is 6.09 Å². The standard InChI is InChI=1S/C21H22N4O3/c1-4-28-21(27)22-17-9-7-8-16(13-17)20(26)23-18-10-5-6-11-19(18)25-15(3)12-14(2)24-25/h5-13H,4H2,1-3H3,(H,22,27)(H,23,26). The minimum Gasteiger partial charge on any atom is -0.450 e. The molecule has 2 aromatic carbocycles. The van der Waals surface area contributed by atoms with Crippen molar-refractivity contribution >= 4 is 23.4 Å². The Labute approximate surface area is 163 Å². The number of hydrogen-bond acceptors (Lipinski definition) is 4. The van der Waals surface area contributed by atoms with E-state index in [0.717, 1.165) is 17.1 Å². The fourth-order valence-electron chi connectivity index (χ4n) is 2.85. The van der Waals surface area contributed by atoms with E-state index in [4.69, 9.17) is 4.74 Å². The lowest BCUT2D eigenvalue weighted by atomic mass is 10.1. The van der Waals surface area contributed by atoms with Gasteiger partial charge in [0, 0.05) is 16.9 Å². The van der Waals surface area contributed by atoms with Gasteiger partial charge in [-0.2, -0.15) is 5.10 Å². The number of aryl methyl sites for hydroxylation is 2. The quantitative estimate of drug-likeness (QED) is 0.693. The number of carbonyl (C=O) groups excluding carboxylic acids is 2. The van der Waals surface area contributed by atoms with Crippen molar-refractivity contribution in [1.29, 1.82) is 0 Å². The molecule has 2 N–H and O–H groups in total. The monoisotopic (exact) mass is 378 g/mol. The normalized spacial score (nSPS) is 10.4. The van der Waals surface area contributed by atoms with Crippen LogP contribution in [0.15, 0.2) is 54.6 Å². The Kier molecular flexibility index (Phi) is 5.74. The number of rotatable bonds is 5. The minimum absolute atomic E-state index is 0.273. The first-order valence-corrected chi connectivity index (χ1v) is 8.96. The topological polar surface area (TPSA) is 85.2 Å². The summed E-state index contributed by atoms with van der Waals surface area (Å²) in [6, 6.07) is 16.1. The lowest BCUT2D eigenvalue weighted by Gasteiger charge is -2.13. The third-order valence-electron chi connectivity index (χ3n) is 4.04. The highest BCUT2D eigenvalue weighted by Crippen LogP contribution is 2.22. The number of amides is 2.